The number of primary amides is 1. The molecule has 0 aliphatic heterocycles. The molecule has 26 heavy (non-hydrogen) atoms. The monoisotopic (exact) mass is 374 g/mol. The van der Waals surface area contributed by atoms with Crippen LogP contribution >= 0.6 is 0 Å². The van der Waals surface area contributed by atoms with Gasteiger partial charge < -0.3 is 20.5 Å². The van der Waals surface area contributed by atoms with Gasteiger partial charge in [0.2, 0.25) is 11.8 Å². The van der Waals surface area contributed by atoms with E-state index in [2.05, 4.69) is 5.32 Å². The van der Waals surface area contributed by atoms with Crippen LogP contribution in [0.4, 0.5) is 0 Å². The Balaban J connectivity index is 0. The highest BCUT2D eigenvalue weighted by Gasteiger charge is 2.20. The maximum Gasteiger partial charge on any atom is 0.222 e. The average molecular weight is 375 g/mol. The molecule has 1 fully saturated rings. The molecule has 1 aliphatic carbocycles. The highest BCUT2D eigenvalue weighted by molar-refractivity contribution is 5.78. The van der Waals surface area contributed by atoms with Gasteiger partial charge in [-0.2, -0.15) is 0 Å². The molecule has 154 valence electrons. The first-order valence-corrected chi connectivity index (χ1v) is 9.57. The number of nitrogens with two attached hydrogens (primary N) is 1. The molecular weight excluding hydrogens is 336 g/mol. The van der Waals surface area contributed by atoms with Crippen molar-refractivity contribution >= 4 is 17.6 Å². The summed E-state index contributed by atoms with van der Waals surface area (Å²) < 4.78 is 10.3. The zero-order chi connectivity index (χ0) is 20.4. The van der Waals surface area contributed by atoms with E-state index in [1.54, 1.807) is 6.92 Å². The number of carbonyl (C=O) groups excluding carboxylic acids is 3. The molecule has 7 heteroatoms. The van der Waals surface area contributed by atoms with E-state index in [4.69, 9.17) is 15.2 Å². The molecule has 7 nitrogen and oxygen atoms in total. The molecule has 1 saturated carbocycles. The number of amides is 2. The number of hydrogen-bond acceptors (Lipinski definition) is 5. The van der Waals surface area contributed by atoms with Crippen molar-refractivity contribution in [3.63, 3.8) is 0 Å². The molecule has 0 bridgehead atoms. The minimum atomic E-state index is -0.389. The molecule has 0 heterocycles. The van der Waals surface area contributed by atoms with Gasteiger partial charge >= 0.3 is 0 Å². The summed E-state index contributed by atoms with van der Waals surface area (Å²) in [5.41, 5.74) is 4.93. The maximum atomic E-state index is 11.2. The van der Waals surface area contributed by atoms with E-state index < -0.39 is 0 Å². The van der Waals surface area contributed by atoms with Gasteiger partial charge in [0.15, 0.2) is 0 Å². The molecule has 0 saturated heterocycles. The number of nitrogens with one attached hydrogen (secondary N) is 1. The lowest BCUT2D eigenvalue weighted by Gasteiger charge is -2.21. The predicted octanol–water partition coefficient (Wildman–Crippen LogP) is 2.21. The number of ether oxygens (including phenoxy) is 2. The fourth-order valence-corrected chi connectivity index (χ4v) is 1.83. The Morgan fingerprint density at radius 1 is 1.08 bits per heavy atom. The van der Waals surface area contributed by atoms with E-state index in [-0.39, 0.29) is 24.3 Å². The van der Waals surface area contributed by atoms with E-state index in [1.165, 1.54) is 6.42 Å². The molecule has 0 aromatic heterocycles. The molecule has 0 aromatic rings. The third-order valence-corrected chi connectivity index (χ3v) is 3.52. The van der Waals surface area contributed by atoms with Crippen LogP contribution < -0.4 is 11.1 Å². The van der Waals surface area contributed by atoms with Crippen molar-refractivity contribution in [2.75, 3.05) is 26.4 Å². The summed E-state index contributed by atoms with van der Waals surface area (Å²) in [5, 5.41) is 2.68. The van der Waals surface area contributed by atoms with Gasteiger partial charge in [-0.1, -0.05) is 20.3 Å². The van der Waals surface area contributed by atoms with E-state index in [0.717, 1.165) is 12.8 Å². The summed E-state index contributed by atoms with van der Waals surface area (Å²) in [6, 6.07) is 0. The molecule has 0 unspecified atom stereocenters. The lowest BCUT2D eigenvalue weighted by molar-refractivity contribution is -0.123. The summed E-state index contributed by atoms with van der Waals surface area (Å²) in [4.78, 5) is 32.0. The summed E-state index contributed by atoms with van der Waals surface area (Å²) in [6.07, 6.45) is 4.25. The average Bonchev–Trinajstić information content (AvgIpc) is 2.50. The molecule has 1 aliphatic rings. The fraction of sp³-hybridized carbons (Fsp3) is 0.842. The third kappa shape index (κ3) is 18.9. The maximum absolute atomic E-state index is 11.2. The number of hydrogen-bond donors (Lipinski definition) is 2. The smallest absolute Gasteiger partial charge is 0.222 e. The van der Waals surface area contributed by atoms with Crippen molar-refractivity contribution < 1.29 is 23.9 Å². The molecule has 2 amide bonds. The lowest BCUT2D eigenvalue weighted by Crippen LogP contribution is -2.28. The predicted molar refractivity (Wildman–Crippen MR) is 103 cm³/mol. The highest BCUT2D eigenvalue weighted by atomic mass is 16.5. The Bertz CT molecular complexity index is 382. The summed E-state index contributed by atoms with van der Waals surface area (Å²) >= 11 is 0. The van der Waals surface area contributed by atoms with E-state index in [0.29, 0.717) is 44.5 Å². The topological polar surface area (TPSA) is 108 Å². The SMILES string of the molecule is CC.CC(=O)C1CCC1.CC(C)OCCC(=O)NCCOCCC(N)=O. The van der Waals surface area contributed by atoms with Gasteiger partial charge in [0.1, 0.15) is 5.78 Å². The number of ketones is 1. The van der Waals surface area contributed by atoms with Crippen LogP contribution in [0.15, 0.2) is 0 Å². The van der Waals surface area contributed by atoms with Crippen LogP contribution in [-0.2, 0) is 23.9 Å². The first-order chi connectivity index (χ1) is 12.3. The lowest BCUT2D eigenvalue weighted by atomic mass is 9.83. The van der Waals surface area contributed by atoms with Crippen LogP contribution in [0.1, 0.15) is 66.7 Å². The van der Waals surface area contributed by atoms with Crippen molar-refractivity contribution in [1.29, 1.82) is 0 Å². The van der Waals surface area contributed by atoms with Gasteiger partial charge in [-0.15, -0.1) is 0 Å². The minimum Gasteiger partial charge on any atom is -0.379 e. The van der Waals surface area contributed by atoms with Gasteiger partial charge in [-0.05, 0) is 33.6 Å². The van der Waals surface area contributed by atoms with Crippen LogP contribution in [0.3, 0.4) is 0 Å². The van der Waals surface area contributed by atoms with Gasteiger partial charge in [-0.25, -0.2) is 0 Å². The molecule has 3 N–H and O–H groups in total. The number of Topliss-reactive ketones (excluding diaryl/α,β-unsaturated/α-hetero) is 1. The second-order valence-electron chi connectivity index (χ2n) is 6.09. The van der Waals surface area contributed by atoms with Crippen LogP contribution in [0, 0.1) is 5.92 Å². The van der Waals surface area contributed by atoms with Crippen molar-refractivity contribution in [1.82, 2.24) is 5.32 Å². The summed E-state index contributed by atoms with van der Waals surface area (Å²) in [7, 11) is 0. The van der Waals surface area contributed by atoms with Crippen molar-refractivity contribution in [3.05, 3.63) is 0 Å². The van der Waals surface area contributed by atoms with Crippen LogP contribution in [0.5, 0.6) is 0 Å². The van der Waals surface area contributed by atoms with E-state index in [9.17, 15) is 14.4 Å². The van der Waals surface area contributed by atoms with Gasteiger partial charge in [-0.3, -0.25) is 14.4 Å². The zero-order valence-electron chi connectivity index (χ0n) is 17.1. The zero-order valence-corrected chi connectivity index (χ0v) is 17.1. The Labute approximate surface area is 158 Å². The van der Waals surface area contributed by atoms with E-state index >= 15 is 0 Å². The second kappa shape index (κ2) is 18.3. The number of rotatable bonds is 11. The molecule has 0 aromatic carbocycles. The second-order valence-corrected chi connectivity index (χ2v) is 6.09. The van der Waals surface area contributed by atoms with Gasteiger partial charge in [0, 0.05) is 25.3 Å². The Kier molecular flexibility index (Phi) is 18.9. The largest absolute Gasteiger partial charge is 0.379 e. The van der Waals surface area contributed by atoms with Gasteiger partial charge in [0.05, 0.1) is 25.9 Å². The van der Waals surface area contributed by atoms with Gasteiger partial charge in [0.25, 0.3) is 0 Å². The van der Waals surface area contributed by atoms with Crippen LogP contribution in [0.25, 0.3) is 0 Å². The molecule has 0 atom stereocenters. The summed E-state index contributed by atoms with van der Waals surface area (Å²) in [6.45, 7) is 11.1. The van der Waals surface area contributed by atoms with Crippen LogP contribution in [0.2, 0.25) is 0 Å². The van der Waals surface area contributed by atoms with E-state index in [1.807, 2.05) is 27.7 Å². The normalized spacial score (nSPS) is 12.8. The standard InChI is InChI=1S/C11H22N2O4.C6H10O.C2H6/c1-9(2)17-7-4-11(15)13-5-8-16-6-3-10(12)14;1-5(7)6-3-2-4-6;1-2/h9H,3-8H2,1-2H3,(H2,12,14)(H,13,15);6H,2-4H2,1H3;1-2H3. The fourth-order valence-electron chi connectivity index (χ4n) is 1.83. The van der Waals surface area contributed by atoms with Crippen molar-refractivity contribution in [2.45, 2.75) is 72.8 Å². The Morgan fingerprint density at radius 3 is 2.08 bits per heavy atom. The van der Waals surface area contributed by atoms with Crippen LogP contribution in [-0.4, -0.2) is 50.1 Å². The highest BCUT2D eigenvalue weighted by Crippen LogP contribution is 2.26. The molecule has 0 spiro atoms. The molecular formula is C19H38N2O5. The molecule has 0 radical (unpaired) electrons. The molecule has 1 rings (SSSR count). The minimum absolute atomic E-state index is 0.0656. The number of carbonyl (C=O) groups is 3. The Hall–Kier alpha value is -1.47. The summed E-state index contributed by atoms with van der Waals surface area (Å²) in [5.74, 6) is 0.371. The Morgan fingerprint density at radius 2 is 1.69 bits per heavy atom. The first kappa shape index (κ1) is 26.8. The quantitative estimate of drug-likeness (QED) is 0.539. The third-order valence-electron chi connectivity index (χ3n) is 3.52. The van der Waals surface area contributed by atoms with Crippen molar-refractivity contribution in [2.24, 2.45) is 11.7 Å². The first-order valence-electron chi connectivity index (χ1n) is 9.57. The van der Waals surface area contributed by atoms with Crippen molar-refractivity contribution in [3.8, 4) is 0 Å².